The number of amides is 1. The molecule has 1 atom stereocenters. The Morgan fingerprint density at radius 2 is 1.95 bits per heavy atom. The fraction of sp³-hybridized carbons (Fsp3) is 0.192. The molecule has 0 saturated heterocycles. The molecule has 11 heteroatoms. The van der Waals surface area contributed by atoms with E-state index in [1.165, 1.54) is 0 Å². The number of aryl methyl sites for hydroxylation is 2. The topological polar surface area (TPSA) is 134 Å². The third-order valence-electron chi connectivity index (χ3n) is 5.65. The first-order valence-electron chi connectivity index (χ1n) is 11.7. The van der Waals surface area contributed by atoms with Crippen LogP contribution in [0.5, 0.6) is 5.75 Å². The van der Waals surface area contributed by atoms with E-state index in [9.17, 15) is 4.79 Å². The molecule has 3 heterocycles. The second-order valence-corrected chi connectivity index (χ2v) is 8.40. The highest BCUT2D eigenvalue weighted by Crippen LogP contribution is 2.29. The normalized spacial score (nSPS) is 11.8. The van der Waals surface area contributed by atoms with E-state index in [-0.39, 0.29) is 5.89 Å². The molecule has 186 valence electrons. The Morgan fingerprint density at radius 1 is 1.11 bits per heavy atom. The van der Waals surface area contributed by atoms with E-state index < -0.39 is 12.1 Å². The molecule has 5 aromatic rings. The minimum absolute atomic E-state index is 0.242. The number of hydrogen-bond acceptors (Lipinski definition) is 9. The number of rotatable bonds is 7. The number of pyridine rings is 1. The van der Waals surface area contributed by atoms with Gasteiger partial charge in [-0.3, -0.25) is 4.98 Å². The molecule has 11 nitrogen and oxygen atoms in total. The van der Waals surface area contributed by atoms with Crippen LogP contribution in [0.25, 0.3) is 28.2 Å². The highest BCUT2D eigenvalue weighted by Gasteiger charge is 2.19. The zero-order valence-electron chi connectivity index (χ0n) is 20.5. The monoisotopic (exact) mass is 496 g/mol. The summed E-state index contributed by atoms with van der Waals surface area (Å²) in [5.74, 6) is 1.64. The van der Waals surface area contributed by atoms with Gasteiger partial charge in [0.2, 0.25) is 11.7 Å². The van der Waals surface area contributed by atoms with E-state index in [1.54, 1.807) is 42.2 Å². The van der Waals surface area contributed by atoms with E-state index in [2.05, 4.69) is 36.0 Å². The molecular formula is C26H24N8O3. The summed E-state index contributed by atoms with van der Waals surface area (Å²) in [6.45, 7) is 5.72. The Morgan fingerprint density at radius 3 is 2.70 bits per heavy atom. The summed E-state index contributed by atoms with van der Waals surface area (Å²) in [5, 5.41) is 18.7. The average Bonchev–Trinajstić information content (AvgIpc) is 3.60. The van der Waals surface area contributed by atoms with E-state index in [0.29, 0.717) is 35.1 Å². The summed E-state index contributed by atoms with van der Waals surface area (Å²) in [6, 6.07) is 16.5. The molecule has 0 aliphatic rings. The number of aromatic nitrogens is 7. The molecule has 1 N–H and O–H groups in total. The highest BCUT2D eigenvalue weighted by molar-refractivity contribution is 5.74. The molecule has 0 aliphatic carbocycles. The van der Waals surface area contributed by atoms with Crippen molar-refractivity contribution in [2.24, 2.45) is 0 Å². The van der Waals surface area contributed by atoms with Gasteiger partial charge in [-0.25, -0.2) is 4.79 Å². The maximum atomic E-state index is 12.8. The van der Waals surface area contributed by atoms with Crippen LogP contribution in [-0.4, -0.2) is 41.4 Å². The largest absolute Gasteiger partial charge is 0.413 e. The lowest BCUT2D eigenvalue weighted by molar-refractivity contribution is 0.193. The van der Waals surface area contributed by atoms with E-state index in [4.69, 9.17) is 9.26 Å². The second-order valence-electron chi connectivity index (χ2n) is 8.40. The Labute approximate surface area is 212 Å². The molecule has 0 spiro atoms. The van der Waals surface area contributed by atoms with Crippen LogP contribution in [0.15, 0.2) is 71.5 Å². The van der Waals surface area contributed by atoms with Gasteiger partial charge in [0.05, 0.1) is 5.69 Å². The molecule has 0 radical (unpaired) electrons. The zero-order valence-corrected chi connectivity index (χ0v) is 20.5. The van der Waals surface area contributed by atoms with Crippen LogP contribution in [0.4, 0.5) is 4.79 Å². The van der Waals surface area contributed by atoms with Crippen molar-refractivity contribution in [3.8, 4) is 34.0 Å². The highest BCUT2D eigenvalue weighted by atomic mass is 16.6. The van der Waals surface area contributed by atoms with Gasteiger partial charge >= 0.3 is 6.09 Å². The lowest BCUT2D eigenvalue weighted by Gasteiger charge is -2.13. The lowest BCUT2D eigenvalue weighted by Crippen LogP contribution is -2.29. The van der Waals surface area contributed by atoms with Gasteiger partial charge in [-0.15, -0.1) is 5.10 Å². The van der Waals surface area contributed by atoms with Crippen LogP contribution in [0.2, 0.25) is 0 Å². The van der Waals surface area contributed by atoms with Gasteiger partial charge in [-0.1, -0.05) is 41.9 Å². The first kappa shape index (κ1) is 23.8. The molecule has 37 heavy (non-hydrogen) atoms. The fourth-order valence-electron chi connectivity index (χ4n) is 3.70. The van der Waals surface area contributed by atoms with Gasteiger partial charge in [0.1, 0.15) is 11.8 Å². The van der Waals surface area contributed by atoms with Crippen molar-refractivity contribution in [2.45, 2.75) is 33.2 Å². The zero-order chi connectivity index (χ0) is 25.8. The van der Waals surface area contributed by atoms with Gasteiger partial charge in [0.15, 0.2) is 5.82 Å². The van der Waals surface area contributed by atoms with E-state index in [0.717, 1.165) is 16.7 Å². The van der Waals surface area contributed by atoms with Crippen molar-refractivity contribution in [2.75, 3.05) is 0 Å². The van der Waals surface area contributed by atoms with Crippen molar-refractivity contribution in [3.05, 3.63) is 84.3 Å². The van der Waals surface area contributed by atoms with Crippen molar-refractivity contribution in [3.63, 3.8) is 0 Å². The van der Waals surface area contributed by atoms with Crippen molar-refractivity contribution >= 4 is 6.09 Å². The third kappa shape index (κ3) is 5.35. The lowest BCUT2D eigenvalue weighted by atomic mass is 10.0. The molecule has 0 aliphatic heterocycles. The van der Waals surface area contributed by atoms with Gasteiger partial charge in [-0.2, -0.15) is 9.67 Å². The van der Waals surface area contributed by atoms with Crippen LogP contribution in [0, 0.1) is 6.92 Å². The van der Waals surface area contributed by atoms with Gasteiger partial charge in [0.25, 0.3) is 0 Å². The van der Waals surface area contributed by atoms with E-state index in [1.807, 2.05) is 50.2 Å². The number of carbonyl (C=O) groups is 1. The summed E-state index contributed by atoms with van der Waals surface area (Å²) in [5.41, 5.74) is 4.34. The summed E-state index contributed by atoms with van der Waals surface area (Å²) in [7, 11) is 0. The van der Waals surface area contributed by atoms with Crippen LogP contribution in [0.3, 0.4) is 0 Å². The predicted molar refractivity (Wildman–Crippen MR) is 134 cm³/mol. The predicted octanol–water partition coefficient (Wildman–Crippen LogP) is 4.49. The molecular weight excluding hydrogens is 472 g/mol. The van der Waals surface area contributed by atoms with Crippen molar-refractivity contribution in [1.29, 1.82) is 0 Å². The smallest absolute Gasteiger partial charge is 0.410 e. The fourth-order valence-corrected chi connectivity index (χ4v) is 3.70. The first-order chi connectivity index (χ1) is 18.0. The molecule has 2 aromatic carbocycles. The molecule has 0 bridgehead atoms. The second kappa shape index (κ2) is 10.4. The minimum Gasteiger partial charge on any atom is -0.410 e. The molecule has 5 rings (SSSR count). The Kier molecular flexibility index (Phi) is 6.66. The van der Waals surface area contributed by atoms with E-state index >= 15 is 0 Å². The Balaban J connectivity index is 1.38. The Hall–Kier alpha value is -4.93. The average molecular weight is 497 g/mol. The number of benzene rings is 2. The summed E-state index contributed by atoms with van der Waals surface area (Å²) >= 11 is 0. The van der Waals surface area contributed by atoms with Gasteiger partial charge < -0.3 is 14.6 Å². The van der Waals surface area contributed by atoms with Gasteiger partial charge in [-0.05, 0) is 59.7 Å². The number of carbonyl (C=O) groups excluding carboxylic acids is 1. The summed E-state index contributed by atoms with van der Waals surface area (Å²) in [4.78, 5) is 21.2. The van der Waals surface area contributed by atoms with Crippen molar-refractivity contribution < 1.29 is 14.1 Å². The number of ether oxygens (including phenoxy) is 1. The maximum absolute atomic E-state index is 12.8. The maximum Gasteiger partial charge on any atom is 0.413 e. The molecule has 0 fully saturated rings. The first-order valence-corrected chi connectivity index (χ1v) is 11.7. The number of nitrogens with zero attached hydrogens (tertiary/aromatic N) is 7. The van der Waals surface area contributed by atoms with Gasteiger partial charge in [0, 0.05) is 30.4 Å². The third-order valence-corrected chi connectivity index (χ3v) is 5.65. The quantitative estimate of drug-likeness (QED) is 0.346. The number of hydrogen-bond donors (Lipinski definition) is 1. The standard InChI is InChI=1S/C26H24N8O3/c1-4-23-30-32-33-34(23)21-12-20(18-9-7-16(2)8-10-18)13-22(14-21)36-26(35)28-17(3)25-29-24(31-37-25)19-6-5-11-27-15-19/h5-15,17H,4H2,1-3H3,(H,28,35). The molecule has 0 saturated carbocycles. The van der Waals surface area contributed by atoms with Crippen molar-refractivity contribution in [1.82, 2.24) is 40.6 Å². The number of tetrazole rings is 1. The summed E-state index contributed by atoms with van der Waals surface area (Å²) < 4.78 is 12.6. The van der Waals surface area contributed by atoms with Crippen LogP contribution in [-0.2, 0) is 6.42 Å². The molecule has 1 unspecified atom stereocenters. The van der Waals surface area contributed by atoms with Crippen LogP contribution < -0.4 is 10.1 Å². The Bertz CT molecular complexity index is 1510. The number of nitrogens with one attached hydrogen (secondary N) is 1. The minimum atomic E-state index is -0.673. The summed E-state index contributed by atoms with van der Waals surface area (Å²) in [6.07, 6.45) is 3.26. The SMILES string of the molecule is CCc1nnnn1-c1cc(OC(=O)NC(C)c2nc(-c3cccnc3)no2)cc(-c2ccc(C)cc2)c1. The molecule has 3 aromatic heterocycles. The van der Waals surface area contributed by atoms with Crippen LogP contribution >= 0.6 is 0 Å². The van der Waals surface area contributed by atoms with Crippen LogP contribution in [0.1, 0.15) is 37.2 Å². The molecule has 1 amide bonds.